The zero-order valence-corrected chi connectivity index (χ0v) is 13.4. The third-order valence-electron chi connectivity index (χ3n) is 4.79. The molecule has 23 heavy (non-hydrogen) atoms. The molecule has 2 aliphatic rings. The molecule has 0 bridgehead atoms. The van der Waals surface area contributed by atoms with E-state index in [9.17, 15) is 14.4 Å². The van der Waals surface area contributed by atoms with Gasteiger partial charge in [-0.25, -0.2) is 0 Å². The Kier molecular flexibility index (Phi) is 4.46. The van der Waals surface area contributed by atoms with Crippen LogP contribution in [0.25, 0.3) is 0 Å². The minimum absolute atomic E-state index is 0.159. The molecule has 1 aromatic carbocycles. The van der Waals surface area contributed by atoms with E-state index in [2.05, 4.69) is 5.32 Å². The van der Waals surface area contributed by atoms with Crippen molar-refractivity contribution in [2.24, 2.45) is 0 Å². The molecular weight excluding hydrogens is 292 g/mol. The molecule has 0 atom stereocenters. The number of imide groups is 1. The maximum absolute atomic E-state index is 12.5. The van der Waals surface area contributed by atoms with Crippen molar-refractivity contribution in [1.82, 2.24) is 10.2 Å². The largest absolute Gasteiger partial charge is 0.349 e. The first-order valence-electron chi connectivity index (χ1n) is 8.35. The van der Waals surface area contributed by atoms with E-state index in [1.165, 1.54) is 32.4 Å². The van der Waals surface area contributed by atoms with Gasteiger partial charge in [-0.2, -0.15) is 0 Å². The molecule has 0 aromatic heterocycles. The lowest BCUT2D eigenvalue weighted by molar-refractivity contribution is 0.0693. The third-order valence-corrected chi connectivity index (χ3v) is 4.79. The molecule has 0 unspecified atom stereocenters. The van der Waals surface area contributed by atoms with Crippen molar-refractivity contribution in [3.63, 3.8) is 0 Å². The Bertz CT molecular complexity index is 646. The summed E-state index contributed by atoms with van der Waals surface area (Å²) in [6.45, 7) is 0. The lowest BCUT2D eigenvalue weighted by Gasteiger charge is -2.21. The van der Waals surface area contributed by atoms with E-state index < -0.39 is 0 Å². The fraction of sp³-hybridized carbons (Fsp3) is 0.500. The van der Waals surface area contributed by atoms with Crippen LogP contribution >= 0.6 is 0 Å². The summed E-state index contributed by atoms with van der Waals surface area (Å²) in [4.78, 5) is 37.5. The fourth-order valence-electron chi connectivity index (χ4n) is 3.37. The first kappa shape index (κ1) is 15.7. The average Bonchev–Trinajstić information content (AvgIpc) is 2.74. The van der Waals surface area contributed by atoms with Crippen molar-refractivity contribution < 1.29 is 14.4 Å². The summed E-state index contributed by atoms with van der Waals surface area (Å²) in [5.74, 6) is -0.809. The lowest BCUT2D eigenvalue weighted by atomic mass is 9.96. The minimum atomic E-state index is -0.342. The molecule has 3 rings (SSSR count). The molecule has 1 N–H and O–H groups in total. The highest BCUT2D eigenvalue weighted by atomic mass is 16.2. The lowest BCUT2D eigenvalue weighted by Crippen LogP contribution is -2.35. The van der Waals surface area contributed by atoms with Crippen LogP contribution in [0.3, 0.4) is 0 Å². The predicted molar refractivity (Wildman–Crippen MR) is 86.4 cm³/mol. The summed E-state index contributed by atoms with van der Waals surface area (Å²) in [5, 5.41) is 3.08. The van der Waals surface area contributed by atoms with E-state index in [1.54, 1.807) is 12.1 Å². The number of amides is 3. The molecule has 1 saturated carbocycles. The van der Waals surface area contributed by atoms with Gasteiger partial charge in [-0.15, -0.1) is 0 Å². The van der Waals surface area contributed by atoms with Crippen LogP contribution < -0.4 is 5.32 Å². The smallest absolute Gasteiger partial charge is 0.261 e. The Morgan fingerprint density at radius 3 is 2.30 bits per heavy atom. The molecule has 1 aliphatic carbocycles. The zero-order chi connectivity index (χ0) is 16.4. The van der Waals surface area contributed by atoms with E-state index in [1.807, 2.05) is 0 Å². The number of rotatable bonds is 2. The van der Waals surface area contributed by atoms with Gasteiger partial charge in [0.1, 0.15) is 0 Å². The second kappa shape index (κ2) is 6.52. The number of carbonyl (C=O) groups excluding carboxylic acids is 3. The maximum atomic E-state index is 12.5. The number of nitrogens with zero attached hydrogens (tertiary/aromatic N) is 1. The third kappa shape index (κ3) is 3.14. The summed E-state index contributed by atoms with van der Waals surface area (Å²) in [5.41, 5.74) is 1.14. The van der Waals surface area contributed by atoms with Gasteiger partial charge in [0, 0.05) is 18.7 Å². The van der Waals surface area contributed by atoms with Gasteiger partial charge in [-0.05, 0) is 31.0 Å². The summed E-state index contributed by atoms with van der Waals surface area (Å²) in [7, 11) is 1.46. The first-order chi connectivity index (χ1) is 11.1. The van der Waals surface area contributed by atoms with Gasteiger partial charge in [-0.1, -0.05) is 32.1 Å². The topological polar surface area (TPSA) is 66.5 Å². The summed E-state index contributed by atoms with van der Waals surface area (Å²) >= 11 is 0. The van der Waals surface area contributed by atoms with Crippen molar-refractivity contribution in [2.75, 3.05) is 7.05 Å². The summed E-state index contributed by atoms with van der Waals surface area (Å²) < 4.78 is 0. The maximum Gasteiger partial charge on any atom is 0.261 e. The minimum Gasteiger partial charge on any atom is -0.349 e. The van der Waals surface area contributed by atoms with Crippen LogP contribution in [0.1, 0.15) is 76.0 Å². The molecule has 1 fully saturated rings. The quantitative estimate of drug-likeness (QED) is 0.854. The highest BCUT2D eigenvalue weighted by molar-refractivity contribution is 6.21. The molecule has 3 amide bonds. The number of hydrogen-bond donors (Lipinski definition) is 1. The van der Waals surface area contributed by atoms with Gasteiger partial charge in [0.25, 0.3) is 17.7 Å². The second-order valence-corrected chi connectivity index (χ2v) is 6.45. The number of benzene rings is 1. The molecule has 122 valence electrons. The van der Waals surface area contributed by atoms with Crippen molar-refractivity contribution >= 4 is 17.7 Å². The van der Waals surface area contributed by atoms with Crippen molar-refractivity contribution in [3.8, 4) is 0 Å². The Labute approximate surface area is 136 Å². The van der Waals surface area contributed by atoms with E-state index in [-0.39, 0.29) is 23.8 Å². The molecule has 1 aromatic rings. The monoisotopic (exact) mass is 314 g/mol. The van der Waals surface area contributed by atoms with Gasteiger partial charge in [-0.3, -0.25) is 19.3 Å². The highest BCUT2D eigenvalue weighted by Crippen LogP contribution is 2.23. The standard InChI is InChI=1S/C18H22N2O3/c1-20-17(22)14-10-9-12(11-15(14)18(20)23)16(21)19-13-7-5-3-2-4-6-8-13/h9-11,13H,2-8H2,1H3,(H,19,21). The zero-order valence-electron chi connectivity index (χ0n) is 13.4. The van der Waals surface area contributed by atoms with E-state index in [0.717, 1.165) is 30.6 Å². The second-order valence-electron chi connectivity index (χ2n) is 6.45. The van der Waals surface area contributed by atoms with Gasteiger partial charge < -0.3 is 5.32 Å². The van der Waals surface area contributed by atoms with Crippen molar-refractivity contribution in [1.29, 1.82) is 0 Å². The molecule has 5 nitrogen and oxygen atoms in total. The Hall–Kier alpha value is -2.17. The predicted octanol–water partition coefficient (Wildman–Crippen LogP) is 2.76. The van der Waals surface area contributed by atoms with Gasteiger partial charge in [0.05, 0.1) is 11.1 Å². The molecule has 0 spiro atoms. The average molecular weight is 314 g/mol. The van der Waals surface area contributed by atoms with Crippen LogP contribution in [0.15, 0.2) is 18.2 Å². The van der Waals surface area contributed by atoms with E-state index in [4.69, 9.17) is 0 Å². The molecule has 5 heteroatoms. The molecule has 1 heterocycles. The number of nitrogens with one attached hydrogen (secondary N) is 1. The number of carbonyl (C=O) groups is 3. The summed E-state index contributed by atoms with van der Waals surface area (Å²) in [6, 6.07) is 4.95. The van der Waals surface area contributed by atoms with Crippen LogP contribution in [-0.4, -0.2) is 35.7 Å². The van der Waals surface area contributed by atoms with Crippen molar-refractivity contribution in [2.45, 2.75) is 51.0 Å². The Morgan fingerprint density at radius 1 is 1.00 bits per heavy atom. The number of fused-ring (bicyclic) bond motifs is 1. The molecule has 0 saturated heterocycles. The van der Waals surface area contributed by atoms with Gasteiger partial charge >= 0.3 is 0 Å². The van der Waals surface area contributed by atoms with E-state index in [0.29, 0.717) is 16.7 Å². The van der Waals surface area contributed by atoms with Crippen LogP contribution in [0.4, 0.5) is 0 Å². The molecule has 1 aliphatic heterocycles. The first-order valence-corrected chi connectivity index (χ1v) is 8.35. The Morgan fingerprint density at radius 2 is 1.61 bits per heavy atom. The molecular formula is C18H22N2O3. The summed E-state index contributed by atoms with van der Waals surface area (Å²) in [6.07, 6.45) is 8.06. The van der Waals surface area contributed by atoms with Gasteiger partial charge in [0.2, 0.25) is 0 Å². The van der Waals surface area contributed by atoms with Crippen LogP contribution in [0.5, 0.6) is 0 Å². The van der Waals surface area contributed by atoms with E-state index >= 15 is 0 Å². The Balaban J connectivity index is 1.73. The van der Waals surface area contributed by atoms with Gasteiger partial charge in [0.15, 0.2) is 0 Å². The highest BCUT2D eigenvalue weighted by Gasteiger charge is 2.33. The van der Waals surface area contributed by atoms with Crippen molar-refractivity contribution in [3.05, 3.63) is 34.9 Å². The normalized spacial score (nSPS) is 19.3. The SMILES string of the molecule is CN1C(=O)c2ccc(C(=O)NC3CCCCCCC3)cc2C1=O. The van der Waals surface area contributed by atoms with Crippen LogP contribution in [0.2, 0.25) is 0 Å². The van der Waals surface area contributed by atoms with Crippen LogP contribution in [-0.2, 0) is 0 Å². The fourth-order valence-corrected chi connectivity index (χ4v) is 3.37. The molecule has 0 radical (unpaired) electrons. The van der Waals surface area contributed by atoms with Crippen LogP contribution in [0, 0.1) is 0 Å². The number of hydrogen-bond acceptors (Lipinski definition) is 3.